The highest BCUT2D eigenvalue weighted by atomic mass is 16.2. The van der Waals surface area contributed by atoms with Gasteiger partial charge in [0.2, 0.25) is 11.8 Å². The van der Waals surface area contributed by atoms with E-state index in [9.17, 15) is 14.4 Å². The van der Waals surface area contributed by atoms with Crippen molar-refractivity contribution in [1.82, 2.24) is 9.80 Å². The summed E-state index contributed by atoms with van der Waals surface area (Å²) >= 11 is 0. The summed E-state index contributed by atoms with van der Waals surface area (Å²) in [5, 5.41) is 2.81. The molecule has 1 atom stereocenters. The van der Waals surface area contributed by atoms with Gasteiger partial charge in [0.1, 0.15) is 0 Å². The Morgan fingerprint density at radius 1 is 0.857 bits per heavy atom. The van der Waals surface area contributed by atoms with Crippen molar-refractivity contribution in [3.8, 4) is 0 Å². The number of benzene rings is 2. The van der Waals surface area contributed by atoms with Crippen molar-refractivity contribution in [3.05, 3.63) is 59.7 Å². The normalized spacial score (nSPS) is 17.1. The Labute approximate surface area is 208 Å². The Morgan fingerprint density at radius 2 is 1.54 bits per heavy atom. The molecule has 2 saturated heterocycles. The van der Waals surface area contributed by atoms with Crippen LogP contribution in [0.3, 0.4) is 0 Å². The molecule has 0 spiro atoms. The van der Waals surface area contributed by atoms with Gasteiger partial charge in [0.15, 0.2) is 0 Å². The molecular weight excluding hydrogens is 440 g/mol. The average Bonchev–Trinajstić information content (AvgIpc) is 2.89. The molecule has 2 aliphatic heterocycles. The van der Waals surface area contributed by atoms with Crippen LogP contribution in [-0.4, -0.2) is 66.8 Å². The number of likely N-dealkylation sites (tertiary alicyclic amines) is 1. The molecule has 2 heterocycles. The number of amides is 3. The first-order valence-electron chi connectivity index (χ1n) is 12.8. The first-order valence-corrected chi connectivity index (χ1v) is 12.8. The molecule has 2 aromatic rings. The summed E-state index contributed by atoms with van der Waals surface area (Å²) in [7, 11) is 0. The maximum atomic E-state index is 13.5. The smallest absolute Gasteiger partial charge is 0.256 e. The highest BCUT2D eigenvalue weighted by molar-refractivity contribution is 6.02. The van der Waals surface area contributed by atoms with Crippen molar-refractivity contribution in [1.29, 1.82) is 0 Å². The van der Waals surface area contributed by atoms with Crippen molar-refractivity contribution in [3.63, 3.8) is 0 Å². The van der Waals surface area contributed by atoms with Crippen molar-refractivity contribution < 1.29 is 14.4 Å². The standard InChI is InChI=1S/C28H36N4O3/c1-3-24(22-10-6-4-7-11-22)27(34)32-18-16-30(17-19-32)26-13-12-23(29-21(2)33)20-25(26)28(35)31-14-8-5-9-15-31/h4,6-7,10-13,20,24H,3,5,8-9,14-19H2,1-2H3,(H,29,33)/t24-/m0/s1. The minimum atomic E-state index is -0.162. The van der Waals surface area contributed by atoms with Gasteiger partial charge in [0.25, 0.3) is 5.91 Å². The van der Waals surface area contributed by atoms with Crippen LogP contribution in [0.4, 0.5) is 11.4 Å². The second-order valence-electron chi connectivity index (χ2n) is 9.45. The molecule has 0 unspecified atom stereocenters. The molecule has 2 aromatic carbocycles. The fraction of sp³-hybridized carbons (Fsp3) is 0.464. The third-order valence-corrected chi connectivity index (χ3v) is 7.03. The molecule has 0 bridgehead atoms. The Kier molecular flexibility index (Phi) is 8.06. The van der Waals surface area contributed by atoms with E-state index in [-0.39, 0.29) is 23.6 Å². The van der Waals surface area contributed by atoms with Gasteiger partial charge in [-0.2, -0.15) is 0 Å². The minimum Gasteiger partial charge on any atom is -0.367 e. The molecule has 35 heavy (non-hydrogen) atoms. The van der Waals surface area contributed by atoms with Crippen LogP contribution in [-0.2, 0) is 9.59 Å². The molecule has 186 valence electrons. The van der Waals surface area contributed by atoms with Gasteiger partial charge in [0, 0.05) is 57.6 Å². The van der Waals surface area contributed by atoms with Gasteiger partial charge in [-0.15, -0.1) is 0 Å². The third kappa shape index (κ3) is 5.84. The fourth-order valence-electron chi connectivity index (χ4n) is 5.16. The van der Waals surface area contributed by atoms with Gasteiger partial charge in [-0.3, -0.25) is 14.4 Å². The Hall–Kier alpha value is -3.35. The van der Waals surface area contributed by atoms with E-state index in [4.69, 9.17) is 0 Å². The van der Waals surface area contributed by atoms with Gasteiger partial charge in [0.05, 0.1) is 11.5 Å². The largest absolute Gasteiger partial charge is 0.367 e. The number of anilines is 2. The number of rotatable bonds is 6. The van der Waals surface area contributed by atoms with Crippen LogP contribution < -0.4 is 10.2 Å². The Bertz CT molecular complexity index is 1040. The number of hydrogen-bond acceptors (Lipinski definition) is 4. The molecule has 0 aliphatic carbocycles. The van der Waals surface area contributed by atoms with Crippen LogP contribution >= 0.6 is 0 Å². The van der Waals surface area contributed by atoms with Crippen molar-refractivity contribution >= 4 is 29.1 Å². The first-order chi connectivity index (χ1) is 17.0. The number of carbonyl (C=O) groups is 3. The number of carbonyl (C=O) groups excluding carboxylic acids is 3. The molecule has 2 aliphatic rings. The first kappa shape index (κ1) is 24.8. The zero-order valence-electron chi connectivity index (χ0n) is 20.8. The average molecular weight is 477 g/mol. The van der Waals surface area contributed by atoms with E-state index >= 15 is 0 Å². The molecule has 3 amide bonds. The number of nitrogens with zero attached hydrogens (tertiary/aromatic N) is 3. The summed E-state index contributed by atoms with van der Waals surface area (Å²) in [5.41, 5.74) is 3.18. The summed E-state index contributed by atoms with van der Waals surface area (Å²) in [5.74, 6) is -0.106. The van der Waals surface area contributed by atoms with Crippen LogP contribution in [0.5, 0.6) is 0 Å². The van der Waals surface area contributed by atoms with Crippen LogP contribution in [0.15, 0.2) is 48.5 Å². The highest BCUT2D eigenvalue weighted by Gasteiger charge is 2.30. The lowest BCUT2D eigenvalue weighted by Crippen LogP contribution is -2.50. The van der Waals surface area contributed by atoms with Gasteiger partial charge in [-0.05, 0) is 49.4 Å². The lowest BCUT2D eigenvalue weighted by Gasteiger charge is -2.38. The third-order valence-electron chi connectivity index (χ3n) is 7.03. The highest BCUT2D eigenvalue weighted by Crippen LogP contribution is 2.29. The molecule has 1 N–H and O–H groups in total. The van der Waals surface area contributed by atoms with Crippen LogP contribution in [0.1, 0.15) is 61.4 Å². The van der Waals surface area contributed by atoms with Gasteiger partial charge in [-0.25, -0.2) is 0 Å². The number of hydrogen-bond donors (Lipinski definition) is 1. The quantitative estimate of drug-likeness (QED) is 0.681. The molecule has 4 rings (SSSR count). The van der Waals surface area contributed by atoms with E-state index in [1.54, 1.807) is 6.07 Å². The predicted molar refractivity (Wildman–Crippen MR) is 139 cm³/mol. The minimum absolute atomic E-state index is 0.0144. The zero-order valence-corrected chi connectivity index (χ0v) is 20.8. The molecule has 2 fully saturated rings. The predicted octanol–water partition coefficient (Wildman–Crippen LogP) is 4.11. The second-order valence-corrected chi connectivity index (χ2v) is 9.45. The number of piperazine rings is 1. The van der Waals surface area contributed by atoms with E-state index in [1.807, 2.05) is 52.3 Å². The van der Waals surface area contributed by atoms with Crippen molar-refractivity contribution in [2.24, 2.45) is 0 Å². The van der Waals surface area contributed by atoms with Crippen molar-refractivity contribution in [2.45, 2.75) is 45.4 Å². The maximum absolute atomic E-state index is 13.5. The fourth-order valence-corrected chi connectivity index (χ4v) is 5.16. The maximum Gasteiger partial charge on any atom is 0.256 e. The molecule has 7 nitrogen and oxygen atoms in total. The summed E-state index contributed by atoms with van der Waals surface area (Å²) in [6.07, 6.45) is 3.96. The van der Waals surface area contributed by atoms with Crippen molar-refractivity contribution in [2.75, 3.05) is 49.5 Å². The van der Waals surface area contributed by atoms with Gasteiger partial charge >= 0.3 is 0 Å². The molecule has 7 heteroatoms. The molecule has 0 saturated carbocycles. The lowest BCUT2D eigenvalue weighted by molar-refractivity contribution is -0.133. The van der Waals surface area contributed by atoms with Crippen LogP contribution in [0.2, 0.25) is 0 Å². The molecular formula is C28H36N4O3. The number of piperidine rings is 1. The Balaban J connectivity index is 1.50. The molecule has 0 aromatic heterocycles. The van der Waals surface area contributed by atoms with E-state index < -0.39 is 0 Å². The Morgan fingerprint density at radius 3 is 2.17 bits per heavy atom. The van der Waals surface area contributed by atoms with Crippen LogP contribution in [0.25, 0.3) is 0 Å². The van der Waals surface area contributed by atoms with E-state index in [2.05, 4.69) is 17.1 Å². The monoisotopic (exact) mass is 476 g/mol. The van der Waals surface area contributed by atoms with Crippen LogP contribution in [0, 0.1) is 0 Å². The second kappa shape index (κ2) is 11.4. The summed E-state index contributed by atoms with van der Waals surface area (Å²) < 4.78 is 0. The van der Waals surface area contributed by atoms with E-state index in [0.717, 1.165) is 50.0 Å². The van der Waals surface area contributed by atoms with Gasteiger partial charge in [-0.1, -0.05) is 37.3 Å². The van der Waals surface area contributed by atoms with E-state index in [1.165, 1.54) is 6.92 Å². The number of nitrogens with one attached hydrogen (secondary N) is 1. The van der Waals surface area contributed by atoms with E-state index in [0.29, 0.717) is 37.4 Å². The SMILES string of the molecule is CC[C@H](C(=O)N1CCN(c2ccc(NC(C)=O)cc2C(=O)N2CCCCC2)CC1)c1ccccc1. The lowest BCUT2D eigenvalue weighted by atomic mass is 9.94. The summed E-state index contributed by atoms with van der Waals surface area (Å²) in [4.78, 5) is 44.5. The summed E-state index contributed by atoms with van der Waals surface area (Å²) in [6.45, 7) is 7.62. The summed E-state index contributed by atoms with van der Waals surface area (Å²) in [6, 6.07) is 15.6. The topological polar surface area (TPSA) is 73.0 Å². The zero-order chi connectivity index (χ0) is 24.8. The molecule has 0 radical (unpaired) electrons. The van der Waals surface area contributed by atoms with Gasteiger partial charge < -0.3 is 20.0 Å².